The van der Waals surface area contributed by atoms with E-state index < -0.39 is 0 Å². The molecule has 4 nitrogen and oxygen atoms in total. The van der Waals surface area contributed by atoms with Crippen LogP contribution in [-0.2, 0) is 0 Å². The number of carbonyl (C=O) groups is 1. The molecular formula is C14H22N2O2. The van der Waals surface area contributed by atoms with Crippen LogP contribution in [0, 0.1) is 5.41 Å². The van der Waals surface area contributed by atoms with Gasteiger partial charge in [-0.25, -0.2) is 0 Å². The predicted molar refractivity (Wildman–Crippen MR) is 72.7 cm³/mol. The molecule has 0 spiro atoms. The number of carbonyl (C=O) groups excluding carboxylic acids is 1. The molecule has 2 N–H and O–H groups in total. The summed E-state index contributed by atoms with van der Waals surface area (Å²) >= 11 is 0. The van der Waals surface area contributed by atoms with E-state index in [2.05, 4.69) is 31.1 Å². The van der Waals surface area contributed by atoms with Crippen molar-refractivity contribution in [1.82, 2.24) is 10.3 Å². The Labute approximate surface area is 108 Å². The molecule has 0 fully saturated rings. The second-order valence-electron chi connectivity index (χ2n) is 6.52. The van der Waals surface area contributed by atoms with Crippen molar-refractivity contribution in [3.8, 4) is 0 Å². The standard InChI is InChI=1S/C14H22N2O2/c1-13(2,3)9-14(4,5)16-12(18)10-6-7-11(17)15-8-10/h6-8H,9H2,1-5H3,(H,15,17)(H,16,18). The fraction of sp³-hybridized carbons (Fsp3) is 0.571. The van der Waals surface area contributed by atoms with Crippen molar-refractivity contribution in [1.29, 1.82) is 0 Å². The highest BCUT2D eigenvalue weighted by Gasteiger charge is 2.27. The topological polar surface area (TPSA) is 62.0 Å². The quantitative estimate of drug-likeness (QED) is 0.864. The molecule has 0 saturated carbocycles. The van der Waals surface area contributed by atoms with Gasteiger partial charge in [0.1, 0.15) is 0 Å². The summed E-state index contributed by atoms with van der Waals surface area (Å²) in [6, 6.07) is 2.88. The van der Waals surface area contributed by atoms with Crippen LogP contribution in [0.3, 0.4) is 0 Å². The Balaban J connectivity index is 2.75. The van der Waals surface area contributed by atoms with Gasteiger partial charge in [-0.3, -0.25) is 9.59 Å². The molecule has 1 aromatic heterocycles. The molecule has 0 bridgehead atoms. The third-order valence-electron chi connectivity index (χ3n) is 2.47. The monoisotopic (exact) mass is 250 g/mol. The third kappa shape index (κ3) is 4.73. The minimum Gasteiger partial charge on any atom is -0.347 e. The van der Waals surface area contributed by atoms with Gasteiger partial charge in [0, 0.05) is 17.8 Å². The van der Waals surface area contributed by atoms with Gasteiger partial charge in [0.2, 0.25) is 5.56 Å². The first kappa shape index (κ1) is 14.5. The summed E-state index contributed by atoms with van der Waals surface area (Å²) in [5, 5.41) is 2.99. The van der Waals surface area contributed by atoms with Crippen molar-refractivity contribution in [2.45, 2.75) is 46.6 Å². The number of aromatic amines is 1. The van der Waals surface area contributed by atoms with Crippen molar-refractivity contribution in [2.24, 2.45) is 5.41 Å². The van der Waals surface area contributed by atoms with E-state index in [1.807, 2.05) is 13.8 Å². The minimum absolute atomic E-state index is 0.141. The Kier molecular flexibility index (Phi) is 3.99. The predicted octanol–water partition coefficient (Wildman–Crippen LogP) is 2.32. The van der Waals surface area contributed by atoms with Crippen LogP contribution in [-0.4, -0.2) is 16.4 Å². The number of aromatic nitrogens is 1. The van der Waals surface area contributed by atoms with Gasteiger partial charge < -0.3 is 10.3 Å². The highest BCUT2D eigenvalue weighted by atomic mass is 16.2. The van der Waals surface area contributed by atoms with E-state index in [4.69, 9.17) is 0 Å². The second-order valence-corrected chi connectivity index (χ2v) is 6.52. The summed E-state index contributed by atoms with van der Waals surface area (Å²) in [6.45, 7) is 10.4. The fourth-order valence-corrected chi connectivity index (χ4v) is 2.30. The molecule has 0 saturated heterocycles. The van der Waals surface area contributed by atoms with Crippen molar-refractivity contribution in [3.63, 3.8) is 0 Å². The van der Waals surface area contributed by atoms with Gasteiger partial charge in [0.25, 0.3) is 5.91 Å². The van der Waals surface area contributed by atoms with E-state index in [-0.39, 0.29) is 22.4 Å². The van der Waals surface area contributed by atoms with E-state index in [1.54, 1.807) is 0 Å². The van der Waals surface area contributed by atoms with E-state index in [0.717, 1.165) is 6.42 Å². The lowest BCUT2D eigenvalue weighted by Crippen LogP contribution is -2.45. The zero-order valence-electron chi connectivity index (χ0n) is 11.8. The number of nitrogens with one attached hydrogen (secondary N) is 2. The zero-order chi connectivity index (χ0) is 14.0. The molecule has 100 valence electrons. The average Bonchev–Trinajstić information content (AvgIpc) is 2.13. The summed E-state index contributed by atoms with van der Waals surface area (Å²) in [5.74, 6) is -0.166. The third-order valence-corrected chi connectivity index (χ3v) is 2.47. The first-order chi connectivity index (χ1) is 8.09. The number of amides is 1. The van der Waals surface area contributed by atoms with Crippen molar-refractivity contribution in [2.75, 3.05) is 0 Å². The van der Waals surface area contributed by atoms with Gasteiger partial charge in [-0.2, -0.15) is 0 Å². The molecule has 1 aromatic rings. The Hall–Kier alpha value is -1.58. The van der Waals surface area contributed by atoms with Crippen molar-refractivity contribution in [3.05, 3.63) is 34.2 Å². The highest BCUT2D eigenvalue weighted by Crippen LogP contribution is 2.26. The summed E-state index contributed by atoms with van der Waals surface area (Å²) in [5.41, 5.74) is 0.116. The SMILES string of the molecule is CC(C)(C)CC(C)(C)NC(=O)c1ccc(=O)[nH]c1. The first-order valence-electron chi connectivity index (χ1n) is 6.10. The molecule has 0 aromatic carbocycles. The second kappa shape index (κ2) is 4.96. The van der Waals surface area contributed by atoms with Gasteiger partial charge in [0.05, 0.1) is 5.56 Å². The molecule has 0 atom stereocenters. The molecule has 0 radical (unpaired) electrons. The first-order valence-corrected chi connectivity index (χ1v) is 6.10. The van der Waals surface area contributed by atoms with Crippen LogP contribution in [0.4, 0.5) is 0 Å². The van der Waals surface area contributed by atoms with Crippen LogP contribution in [0.1, 0.15) is 51.4 Å². The molecule has 0 aliphatic heterocycles. The number of hydrogen-bond donors (Lipinski definition) is 2. The van der Waals surface area contributed by atoms with Gasteiger partial charge >= 0.3 is 0 Å². The number of rotatable bonds is 3. The summed E-state index contributed by atoms with van der Waals surface area (Å²) in [4.78, 5) is 25.5. The van der Waals surface area contributed by atoms with Crippen molar-refractivity contribution < 1.29 is 4.79 Å². The Morgan fingerprint density at radius 3 is 2.28 bits per heavy atom. The maximum atomic E-state index is 12.0. The molecule has 18 heavy (non-hydrogen) atoms. The molecule has 1 heterocycles. The van der Waals surface area contributed by atoms with Crippen LogP contribution in [0.15, 0.2) is 23.1 Å². The maximum Gasteiger partial charge on any atom is 0.253 e. The van der Waals surface area contributed by atoms with E-state index in [0.29, 0.717) is 5.56 Å². The lowest BCUT2D eigenvalue weighted by molar-refractivity contribution is 0.0891. The molecule has 1 amide bonds. The van der Waals surface area contributed by atoms with Crippen LogP contribution in [0.2, 0.25) is 0 Å². The molecule has 1 rings (SSSR count). The number of pyridine rings is 1. The normalized spacial score (nSPS) is 12.3. The fourth-order valence-electron chi connectivity index (χ4n) is 2.30. The van der Waals surface area contributed by atoms with Crippen LogP contribution in [0.25, 0.3) is 0 Å². The van der Waals surface area contributed by atoms with Crippen LogP contribution < -0.4 is 10.9 Å². The summed E-state index contributed by atoms with van der Waals surface area (Å²) < 4.78 is 0. The van der Waals surface area contributed by atoms with Crippen LogP contribution in [0.5, 0.6) is 0 Å². The van der Waals surface area contributed by atoms with E-state index >= 15 is 0 Å². The van der Waals surface area contributed by atoms with Gasteiger partial charge in [-0.15, -0.1) is 0 Å². The largest absolute Gasteiger partial charge is 0.347 e. The Morgan fingerprint density at radius 2 is 1.83 bits per heavy atom. The van der Waals surface area contributed by atoms with E-state index in [9.17, 15) is 9.59 Å². The highest BCUT2D eigenvalue weighted by molar-refractivity contribution is 5.94. The Morgan fingerprint density at radius 1 is 1.22 bits per heavy atom. The lowest BCUT2D eigenvalue weighted by atomic mass is 9.81. The molecular weight excluding hydrogens is 228 g/mol. The minimum atomic E-state index is -0.286. The van der Waals surface area contributed by atoms with Gasteiger partial charge in [0.15, 0.2) is 0 Å². The van der Waals surface area contributed by atoms with Gasteiger partial charge in [-0.1, -0.05) is 20.8 Å². The number of H-pyrrole nitrogens is 1. The van der Waals surface area contributed by atoms with E-state index in [1.165, 1.54) is 18.3 Å². The average molecular weight is 250 g/mol. The summed E-state index contributed by atoms with van der Waals surface area (Å²) in [7, 11) is 0. The molecule has 0 unspecified atom stereocenters. The number of hydrogen-bond acceptors (Lipinski definition) is 2. The lowest BCUT2D eigenvalue weighted by Gasteiger charge is -2.33. The zero-order valence-corrected chi connectivity index (χ0v) is 11.8. The van der Waals surface area contributed by atoms with Crippen molar-refractivity contribution >= 4 is 5.91 Å². The summed E-state index contributed by atoms with van der Waals surface area (Å²) in [6.07, 6.45) is 2.31. The van der Waals surface area contributed by atoms with Gasteiger partial charge in [-0.05, 0) is 31.7 Å². The molecule has 0 aliphatic rings. The smallest absolute Gasteiger partial charge is 0.253 e. The van der Waals surface area contributed by atoms with Crippen LogP contribution >= 0.6 is 0 Å². The Bertz CT molecular complexity index is 461. The molecule has 0 aliphatic carbocycles. The molecule has 4 heteroatoms. The maximum absolute atomic E-state index is 12.0.